The molecule has 4 nitrogen and oxygen atoms in total. The Morgan fingerprint density at radius 3 is 2.57 bits per heavy atom. The molecule has 124 valence electrons. The quantitative estimate of drug-likeness (QED) is 0.503. The molecule has 0 bridgehead atoms. The van der Waals surface area contributed by atoms with Gasteiger partial charge in [0.05, 0.1) is 6.10 Å². The fourth-order valence-electron chi connectivity index (χ4n) is 1.94. The van der Waals surface area contributed by atoms with Crippen LogP contribution in [0.3, 0.4) is 0 Å². The fraction of sp³-hybridized carbons (Fsp3) is 0.294. The van der Waals surface area contributed by atoms with Crippen molar-refractivity contribution in [3.05, 3.63) is 57.7 Å². The van der Waals surface area contributed by atoms with Crippen LogP contribution in [0.1, 0.15) is 25.8 Å². The molecule has 2 atom stereocenters. The zero-order valence-electron chi connectivity index (χ0n) is 13.1. The maximum absolute atomic E-state index is 12.6. The van der Waals surface area contributed by atoms with Crippen LogP contribution >= 0.6 is 30.2 Å². The number of rotatable bonds is 7. The third-order valence-corrected chi connectivity index (χ3v) is 5.64. The Balaban J connectivity index is 2.25. The van der Waals surface area contributed by atoms with E-state index in [0.29, 0.717) is 18.8 Å². The van der Waals surface area contributed by atoms with Gasteiger partial charge in [0.15, 0.2) is 0 Å². The molecule has 0 heterocycles. The summed E-state index contributed by atoms with van der Waals surface area (Å²) in [6.07, 6.45) is 0.361. The van der Waals surface area contributed by atoms with E-state index in [2.05, 4.69) is 22.6 Å². The van der Waals surface area contributed by atoms with Crippen LogP contribution in [-0.4, -0.2) is 11.0 Å². The van der Waals surface area contributed by atoms with Gasteiger partial charge in [-0.25, -0.2) is 0 Å². The number of hydrogen-bond acceptors (Lipinski definition) is 3. The van der Waals surface area contributed by atoms with E-state index in [1.807, 2.05) is 43.3 Å². The lowest BCUT2D eigenvalue weighted by atomic mass is 10.2. The molecule has 0 aliphatic carbocycles. The van der Waals surface area contributed by atoms with Crippen molar-refractivity contribution in [2.24, 2.45) is 0 Å². The minimum atomic E-state index is -3.93. The number of benzene rings is 2. The van der Waals surface area contributed by atoms with Crippen LogP contribution < -0.4 is 10.0 Å². The highest BCUT2D eigenvalue weighted by molar-refractivity contribution is 14.1. The van der Waals surface area contributed by atoms with Crippen molar-refractivity contribution in [1.82, 2.24) is 0 Å². The first kappa shape index (κ1) is 18.5. The zero-order chi connectivity index (χ0) is 16.9. The summed E-state index contributed by atoms with van der Waals surface area (Å²) in [6, 6.07) is 14.9. The average Bonchev–Trinajstić information content (AvgIpc) is 2.54. The second-order valence-corrected chi connectivity index (χ2v) is 8.21. The zero-order valence-corrected chi connectivity index (χ0v) is 16.2. The normalized spacial score (nSPS) is 15.0. The molecule has 6 heteroatoms. The Morgan fingerprint density at radius 1 is 1.22 bits per heavy atom. The summed E-state index contributed by atoms with van der Waals surface area (Å²) in [6.45, 7) is 4.02. The van der Waals surface area contributed by atoms with E-state index >= 15 is 0 Å². The van der Waals surface area contributed by atoms with Gasteiger partial charge in [-0.3, -0.25) is 4.57 Å². The Labute approximate surface area is 150 Å². The van der Waals surface area contributed by atoms with Crippen LogP contribution in [0.25, 0.3) is 0 Å². The summed E-state index contributed by atoms with van der Waals surface area (Å²) >= 11 is 2.10. The summed E-state index contributed by atoms with van der Waals surface area (Å²) in [4.78, 5) is 10.3. The highest BCUT2D eigenvalue weighted by Gasteiger charge is 2.29. The standard InChI is InChI=1S/C17H20IO4P/c1-3-13(2)22-23(19,20)17-11-15(18)9-10-16(17)21-12-14-7-5-4-6-8-14/h4-11,13H,3,12H2,1-2H3,(H,19,20). The molecule has 0 saturated heterocycles. The minimum absolute atomic E-state index is 0.209. The molecule has 0 aliphatic heterocycles. The third kappa shape index (κ3) is 5.31. The second kappa shape index (κ2) is 8.29. The predicted molar refractivity (Wildman–Crippen MR) is 100 cm³/mol. The predicted octanol–water partition coefficient (Wildman–Crippen LogP) is 4.50. The first-order valence-electron chi connectivity index (χ1n) is 7.40. The number of ether oxygens (including phenoxy) is 1. The molecule has 0 amide bonds. The molecule has 0 aliphatic rings. The fourth-order valence-corrected chi connectivity index (χ4v) is 4.15. The molecule has 2 unspecified atom stereocenters. The van der Waals surface area contributed by atoms with Crippen LogP contribution in [0.4, 0.5) is 0 Å². The Hall–Kier alpha value is -0.880. The molecule has 0 radical (unpaired) electrons. The Kier molecular flexibility index (Phi) is 6.65. The van der Waals surface area contributed by atoms with Gasteiger partial charge in [0.2, 0.25) is 0 Å². The topological polar surface area (TPSA) is 55.8 Å². The molecule has 2 aromatic rings. The van der Waals surface area contributed by atoms with Crippen molar-refractivity contribution in [2.45, 2.75) is 33.0 Å². The largest absolute Gasteiger partial charge is 0.488 e. The molecule has 0 fully saturated rings. The maximum atomic E-state index is 12.6. The molecular weight excluding hydrogens is 426 g/mol. The third-order valence-electron chi connectivity index (χ3n) is 3.36. The van der Waals surface area contributed by atoms with Crippen molar-refractivity contribution < 1.29 is 18.7 Å². The molecule has 1 N–H and O–H groups in total. The summed E-state index contributed by atoms with van der Waals surface area (Å²) in [5.74, 6) is 0.378. The highest BCUT2D eigenvalue weighted by Crippen LogP contribution is 2.45. The van der Waals surface area contributed by atoms with Gasteiger partial charge in [-0.2, -0.15) is 0 Å². The lowest BCUT2D eigenvalue weighted by Gasteiger charge is -2.20. The van der Waals surface area contributed by atoms with E-state index in [-0.39, 0.29) is 11.4 Å². The second-order valence-electron chi connectivity index (χ2n) is 5.23. The minimum Gasteiger partial charge on any atom is -0.488 e. The van der Waals surface area contributed by atoms with E-state index in [1.54, 1.807) is 19.1 Å². The summed E-state index contributed by atoms with van der Waals surface area (Å²) in [7, 11) is -3.93. The van der Waals surface area contributed by atoms with Gasteiger partial charge in [-0.1, -0.05) is 37.3 Å². The maximum Gasteiger partial charge on any atom is 0.362 e. The Morgan fingerprint density at radius 2 is 1.91 bits per heavy atom. The summed E-state index contributed by atoms with van der Waals surface area (Å²) in [5.41, 5.74) is 0.993. The van der Waals surface area contributed by atoms with Gasteiger partial charge in [0.25, 0.3) is 0 Å². The lowest BCUT2D eigenvalue weighted by molar-refractivity contribution is 0.191. The SMILES string of the molecule is CCC(C)OP(=O)(O)c1cc(I)ccc1OCc1ccccc1. The van der Waals surface area contributed by atoms with Crippen molar-refractivity contribution in [3.63, 3.8) is 0 Å². The van der Waals surface area contributed by atoms with Crippen molar-refractivity contribution in [2.75, 3.05) is 0 Å². The molecule has 0 aromatic heterocycles. The van der Waals surface area contributed by atoms with Crippen LogP contribution in [0.15, 0.2) is 48.5 Å². The average molecular weight is 446 g/mol. The molecule has 2 aromatic carbocycles. The monoisotopic (exact) mass is 446 g/mol. The highest BCUT2D eigenvalue weighted by atomic mass is 127. The molecular formula is C17H20IO4P. The smallest absolute Gasteiger partial charge is 0.362 e. The van der Waals surface area contributed by atoms with E-state index in [4.69, 9.17) is 9.26 Å². The first-order valence-corrected chi connectivity index (χ1v) is 10.1. The summed E-state index contributed by atoms with van der Waals surface area (Å²) < 4.78 is 24.6. The van der Waals surface area contributed by atoms with Gasteiger partial charge in [-0.15, -0.1) is 0 Å². The van der Waals surface area contributed by atoms with Gasteiger partial charge >= 0.3 is 7.60 Å². The van der Waals surface area contributed by atoms with Crippen molar-refractivity contribution >= 4 is 35.5 Å². The van der Waals surface area contributed by atoms with Gasteiger partial charge in [0, 0.05) is 3.57 Å². The van der Waals surface area contributed by atoms with Crippen LogP contribution in [0, 0.1) is 3.57 Å². The Bertz CT molecular complexity index is 690. The molecule has 23 heavy (non-hydrogen) atoms. The van der Waals surface area contributed by atoms with E-state index in [0.717, 1.165) is 9.13 Å². The first-order chi connectivity index (χ1) is 10.9. The van der Waals surface area contributed by atoms with Gasteiger partial charge < -0.3 is 14.2 Å². The van der Waals surface area contributed by atoms with Crippen molar-refractivity contribution in [1.29, 1.82) is 0 Å². The van der Waals surface area contributed by atoms with E-state index < -0.39 is 7.60 Å². The molecule has 0 spiro atoms. The summed E-state index contributed by atoms with van der Waals surface area (Å²) in [5, 5.41) is 0.209. The molecule has 0 saturated carbocycles. The number of hydrogen-bond donors (Lipinski definition) is 1. The van der Waals surface area contributed by atoms with Gasteiger partial charge in [0.1, 0.15) is 17.7 Å². The van der Waals surface area contributed by atoms with E-state index in [9.17, 15) is 9.46 Å². The number of halogens is 1. The van der Waals surface area contributed by atoms with Crippen molar-refractivity contribution in [3.8, 4) is 5.75 Å². The van der Waals surface area contributed by atoms with Crippen LogP contribution in [0.5, 0.6) is 5.75 Å². The van der Waals surface area contributed by atoms with Crippen LogP contribution in [-0.2, 0) is 15.7 Å². The van der Waals surface area contributed by atoms with Crippen LogP contribution in [0.2, 0.25) is 0 Å². The molecule has 2 rings (SSSR count). The lowest BCUT2D eigenvalue weighted by Crippen LogP contribution is -2.16. The van der Waals surface area contributed by atoms with Gasteiger partial charge in [-0.05, 0) is 59.7 Å². The van der Waals surface area contributed by atoms with E-state index in [1.165, 1.54) is 0 Å².